The number of hydrogen-bond donors (Lipinski definition) is 0. The number of ether oxygens (including phenoxy) is 1. The topological polar surface area (TPSA) is 55.3 Å². The number of carbonyl (C=O) groups is 1. The van der Waals surface area contributed by atoms with Gasteiger partial charge in [-0.1, -0.05) is 23.7 Å². The Hall–Kier alpha value is -2.14. The fourth-order valence-electron chi connectivity index (χ4n) is 1.69. The van der Waals surface area contributed by atoms with Gasteiger partial charge in [0.25, 0.3) is 5.91 Å². The summed E-state index contributed by atoms with van der Waals surface area (Å²) in [5.74, 6) is 0.580. The van der Waals surface area contributed by atoms with Crippen LogP contribution in [0.25, 0.3) is 0 Å². The third-order valence-corrected chi connectivity index (χ3v) is 2.96. The minimum atomic E-state index is -0.204. The van der Waals surface area contributed by atoms with Gasteiger partial charge in [-0.15, -0.1) is 0 Å². The van der Waals surface area contributed by atoms with Crippen LogP contribution in [0.4, 0.5) is 0 Å². The van der Waals surface area contributed by atoms with Gasteiger partial charge in [0.15, 0.2) is 0 Å². The van der Waals surface area contributed by atoms with Crippen molar-refractivity contribution in [3.05, 3.63) is 53.1 Å². The van der Waals surface area contributed by atoms with Crippen molar-refractivity contribution >= 4 is 17.5 Å². The molecule has 0 saturated carbocycles. The molecule has 1 amide bonds. The van der Waals surface area contributed by atoms with Crippen molar-refractivity contribution in [1.29, 1.82) is 0 Å². The maximum atomic E-state index is 12.1. The molecule has 0 fully saturated rings. The highest BCUT2D eigenvalue weighted by Crippen LogP contribution is 2.13. The number of benzene rings is 1. The average Bonchev–Trinajstić information content (AvgIpc) is 2.48. The van der Waals surface area contributed by atoms with Crippen molar-refractivity contribution in [2.24, 2.45) is 0 Å². The fraction of sp³-hybridized carbons (Fsp3) is 0.214. The molecule has 2 aromatic rings. The van der Waals surface area contributed by atoms with Crippen molar-refractivity contribution in [1.82, 2.24) is 14.9 Å². The Kier molecular flexibility index (Phi) is 4.53. The van der Waals surface area contributed by atoms with Crippen LogP contribution >= 0.6 is 11.6 Å². The third-order valence-electron chi connectivity index (χ3n) is 2.76. The van der Waals surface area contributed by atoms with Crippen molar-refractivity contribution in [3.63, 3.8) is 0 Å². The Bertz CT molecular complexity index is 584. The van der Waals surface area contributed by atoms with Crippen molar-refractivity contribution in [2.45, 2.75) is 6.54 Å². The molecule has 1 aromatic carbocycles. The largest absolute Gasteiger partial charge is 0.497 e. The molecule has 0 atom stereocenters. The number of methoxy groups -OCH3 is 1. The van der Waals surface area contributed by atoms with Crippen molar-refractivity contribution < 1.29 is 9.53 Å². The smallest absolute Gasteiger partial charge is 0.274 e. The molecule has 0 bridgehead atoms. The first-order chi connectivity index (χ1) is 9.60. The zero-order valence-corrected chi connectivity index (χ0v) is 12.0. The number of rotatable bonds is 4. The van der Waals surface area contributed by atoms with Crippen LogP contribution in [0.3, 0.4) is 0 Å². The van der Waals surface area contributed by atoms with Gasteiger partial charge in [-0.3, -0.25) is 4.79 Å². The van der Waals surface area contributed by atoms with E-state index in [9.17, 15) is 4.79 Å². The molecule has 0 spiro atoms. The van der Waals surface area contributed by atoms with E-state index >= 15 is 0 Å². The first kappa shape index (κ1) is 14.3. The average molecular weight is 292 g/mol. The quantitative estimate of drug-likeness (QED) is 0.868. The van der Waals surface area contributed by atoms with Crippen LogP contribution in [0.5, 0.6) is 5.75 Å². The van der Waals surface area contributed by atoms with E-state index in [4.69, 9.17) is 16.3 Å². The standard InChI is InChI=1S/C14H14ClN3O2/c1-18(9-10-3-5-11(20-2)6-4-10)14(19)12-7-17-13(15)8-16-12/h3-8H,9H2,1-2H3. The van der Waals surface area contributed by atoms with Gasteiger partial charge >= 0.3 is 0 Å². The van der Waals surface area contributed by atoms with E-state index in [1.54, 1.807) is 19.1 Å². The molecule has 0 radical (unpaired) electrons. The molecule has 1 heterocycles. The Morgan fingerprint density at radius 2 is 1.95 bits per heavy atom. The molecule has 0 saturated heterocycles. The van der Waals surface area contributed by atoms with Gasteiger partial charge in [0.05, 0.1) is 19.5 Å². The van der Waals surface area contributed by atoms with Gasteiger partial charge in [0, 0.05) is 13.6 Å². The summed E-state index contributed by atoms with van der Waals surface area (Å²) < 4.78 is 5.09. The van der Waals surface area contributed by atoms with Gasteiger partial charge < -0.3 is 9.64 Å². The highest BCUT2D eigenvalue weighted by atomic mass is 35.5. The lowest BCUT2D eigenvalue weighted by molar-refractivity contribution is 0.0779. The first-order valence-electron chi connectivity index (χ1n) is 5.96. The third kappa shape index (κ3) is 3.45. The van der Waals surface area contributed by atoms with E-state index in [2.05, 4.69) is 9.97 Å². The normalized spacial score (nSPS) is 10.2. The molecule has 0 aliphatic carbocycles. The van der Waals surface area contributed by atoms with Crippen LogP contribution < -0.4 is 4.74 Å². The second-order valence-electron chi connectivity index (χ2n) is 4.23. The van der Waals surface area contributed by atoms with E-state index in [0.29, 0.717) is 6.54 Å². The molecule has 6 heteroatoms. The first-order valence-corrected chi connectivity index (χ1v) is 6.34. The number of carbonyl (C=O) groups excluding carboxylic acids is 1. The summed E-state index contributed by atoms with van der Waals surface area (Å²) in [4.78, 5) is 21.5. The lowest BCUT2D eigenvalue weighted by Gasteiger charge is -2.16. The van der Waals surface area contributed by atoms with Crippen LogP contribution in [-0.2, 0) is 6.54 Å². The zero-order valence-electron chi connectivity index (χ0n) is 11.2. The number of halogens is 1. The second kappa shape index (κ2) is 6.34. The Morgan fingerprint density at radius 3 is 2.50 bits per heavy atom. The molecule has 0 aliphatic heterocycles. The fourth-order valence-corrected chi connectivity index (χ4v) is 1.79. The Labute approximate surface area is 122 Å². The molecular weight excluding hydrogens is 278 g/mol. The number of nitrogens with zero attached hydrogens (tertiary/aromatic N) is 3. The van der Waals surface area contributed by atoms with E-state index in [-0.39, 0.29) is 16.8 Å². The van der Waals surface area contributed by atoms with Gasteiger partial charge in [-0.05, 0) is 17.7 Å². The number of amides is 1. The highest BCUT2D eigenvalue weighted by Gasteiger charge is 2.13. The number of hydrogen-bond acceptors (Lipinski definition) is 4. The van der Waals surface area contributed by atoms with Gasteiger partial charge in [-0.2, -0.15) is 0 Å². The van der Waals surface area contributed by atoms with Crippen LogP contribution in [0.15, 0.2) is 36.7 Å². The maximum Gasteiger partial charge on any atom is 0.274 e. The predicted molar refractivity (Wildman–Crippen MR) is 75.8 cm³/mol. The van der Waals surface area contributed by atoms with Gasteiger partial charge in [0.2, 0.25) is 0 Å². The van der Waals surface area contributed by atoms with Crippen LogP contribution in [0.2, 0.25) is 5.15 Å². The number of aromatic nitrogens is 2. The lowest BCUT2D eigenvalue weighted by atomic mass is 10.2. The minimum absolute atomic E-state index is 0.204. The molecule has 5 nitrogen and oxygen atoms in total. The molecule has 2 rings (SSSR count). The van der Waals surface area contributed by atoms with Gasteiger partial charge in [0.1, 0.15) is 16.6 Å². The second-order valence-corrected chi connectivity index (χ2v) is 4.62. The molecule has 104 valence electrons. The summed E-state index contributed by atoms with van der Waals surface area (Å²) >= 11 is 5.64. The summed E-state index contributed by atoms with van der Waals surface area (Å²) in [6, 6.07) is 7.54. The van der Waals surface area contributed by atoms with E-state index in [1.807, 2.05) is 24.3 Å². The molecule has 1 aromatic heterocycles. The Balaban J connectivity index is 2.04. The van der Waals surface area contributed by atoms with E-state index < -0.39 is 0 Å². The minimum Gasteiger partial charge on any atom is -0.497 e. The summed E-state index contributed by atoms with van der Waals surface area (Å²) in [5, 5.41) is 0.263. The summed E-state index contributed by atoms with van der Waals surface area (Å²) in [5.41, 5.74) is 1.27. The van der Waals surface area contributed by atoms with Crippen molar-refractivity contribution in [2.75, 3.05) is 14.2 Å². The lowest BCUT2D eigenvalue weighted by Crippen LogP contribution is -2.27. The monoisotopic (exact) mass is 291 g/mol. The molecular formula is C14H14ClN3O2. The zero-order chi connectivity index (χ0) is 14.5. The van der Waals surface area contributed by atoms with E-state index in [0.717, 1.165) is 11.3 Å². The van der Waals surface area contributed by atoms with Gasteiger partial charge in [-0.25, -0.2) is 9.97 Å². The van der Waals surface area contributed by atoms with Crippen molar-refractivity contribution in [3.8, 4) is 5.75 Å². The summed E-state index contributed by atoms with van der Waals surface area (Å²) in [7, 11) is 3.33. The van der Waals surface area contributed by atoms with Crippen LogP contribution in [0, 0.1) is 0 Å². The predicted octanol–water partition coefficient (Wildman–Crippen LogP) is 2.41. The molecule has 0 aliphatic rings. The SMILES string of the molecule is COc1ccc(CN(C)C(=O)c2cnc(Cl)cn2)cc1. The highest BCUT2D eigenvalue weighted by molar-refractivity contribution is 6.29. The van der Waals surface area contributed by atoms with Crippen LogP contribution in [-0.4, -0.2) is 34.9 Å². The van der Waals surface area contributed by atoms with Crippen LogP contribution in [0.1, 0.15) is 16.1 Å². The molecule has 0 unspecified atom stereocenters. The molecule has 20 heavy (non-hydrogen) atoms. The summed E-state index contributed by atoms with van der Waals surface area (Å²) in [6.07, 6.45) is 2.73. The Morgan fingerprint density at radius 1 is 1.25 bits per heavy atom. The molecule has 0 N–H and O–H groups in total. The maximum absolute atomic E-state index is 12.1. The van der Waals surface area contributed by atoms with E-state index in [1.165, 1.54) is 12.4 Å². The summed E-state index contributed by atoms with van der Waals surface area (Å²) in [6.45, 7) is 0.479.